The summed E-state index contributed by atoms with van der Waals surface area (Å²) in [6.07, 6.45) is 5.08. The summed E-state index contributed by atoms with van der Waals surface area (Å²) in [6.45, 7) is 11.0. The third-order valence-electron chi connectivity index (χ3n) is 3.05. The van der Waals surface area contributed by atoms with E-state index in [0.29, 0.717) is 6.54 Å². The Morgan fingerprint density at radius 3 is 2.48 bits per heavy atom. The van der Waals surface area contributed by atoms with Crippen LogP contribution in [-0.2, 0) is 6.54 Å². The Hall–Kier alpha value is -0.370. The maximum Gasteiger partial charge on any atom is 0.191 e. The molecule has 0 atom stereocenters. The molecule has 0 bridgehead atoms. The third-order valence-corrected chi connectivity index (χ3v) is 4.10. The molecule has 0 saturated heterocycles. The van der Waals surface area contributed by atoms with Gasteiger partial charge in [-0.2, -0.15) is 0 Å². The van der Waals surface area contributed by atoms with Crippen LogP contribution in [0.2, 0.25) is 0 Å². The number of aryl methyl sites for hydroxylation is 2. The summed E-state index contributed by atoms with van der Waals surface area (Å²) in [5.74, 6) is 0.912. The SMILES string of the molecule is CCCCCCNC(=NCc1sc(C)nc1C)NCC.I. The Kier molecular flexibility index (Phi) is 12.0. The van der Waals surface area contributed by atoms with Gasteiger partial charge in [-0.1, -0.05) is 26.2 Å². The fourth-order valence-corrected chi connectivity index (χ4v) is 2.83. The smallest absolute Gasteiger partial charge is 0.191 e. The zero-order valence-electron chi connectivity index (χ0n) is 13.7. The fourth-order valence-electron chi connectivity index (χ4n) is 1.97. The highest BCUT2D eigenvalue weighted by molar-refractivity contribution is 14.0. The summed E-state index contributed by atoms with van der Waals surface area (Å²) in [4.78, 5) is 10.3. The average Bonchev–Trinajstić information content (AvgIpc) is 2.74. The number of aromatic nitrogens is 1. The van der Waals surface area contributed by atoms with Gasteiger partial charge in [-0.25, -0.2) is 9.98 Å². The van der Waals surface area contributed by atoms with Gasteiger partial charge in [0.25, 0.3) is 0 Å². The van der Waals surface area contributed by atoms with Gasteiger partial charge in [0, 0.05) is 18.0 Å². The van der Waals surface area contributed by atoms with Crippen LogP contribution in [-0.4, -0.2) is 24.0 Å². The van der Waals surface area contributed by atoms with E-state index in [1.54, 1.807) is 11.3 Å². The van der Waals surface area contributed by atoms with E-state index in [1.807, 2.05) is 6.92 Å². The molecule has 0 spiro atoms. The summed E-state index contributed by atoms with van der Waals surface area (Å²) in [5.41, 5.74) is 1.11. The quantitative estimate of drug-likeness (QED) is 0.287. The van der Waals surface area contributed by atoms with Crippen molar-refractivity contribution in [3.05, 3.63) is 15.6 Å². The van der Waals surface area contributed by atoms with E-state index in [1.165, 1.54) is 30.6 Å². The fraction of sp³-hybridized carbons (Fsp3) is 0.733. The van der Waals surface area contributed by atoms with Crippen molar-refractivity contribution in [3.8, 4) is 0 Å². The minimum absolute atomic E-state index is 0. The van der Waals surface area contributed by atoms with E-state index in [2.05, 4.69) is 41.4 Å². The monoisotopic (exact) mass is 424 g/mol. The summed E-state index contributed by atoms with van der Waals surface area (Å²) >= 11 is 1.74. The van der Waals surface area contributed by atoms with E-state index in [4.69, 9.17) is 0 Å². The van der Waals surface area contributed by atoms with Crippen LogP contribution < -0.4 is 10.6 Å². The van der Waals surface area contributed by atoms with Crippen molar-refractivity contribution in [1.82, 2.24) is 15.6 Å². The van der Waals surface area contributed by atoms with Crippen molar-refractivity contribution in [2.24, 2.45) is 4.99 Å². The van der Waals surface area contributed by atoms with Gasteiger partial charge in [-0.3, -0.25) is 0 Å². The summed E-state index contributed by atoms with van der Waals surface area (Å²) in [7, 11) is 0. The van der Waals surface area contributed by atoms with Crippen LogP contribution in [0, 0.1) is 13.8 Å². The second-order valence-corrected chi connectivity index (χ2v) is 6.21. The Bertz CT molecular complexity index is 418. The molecule has 0 unspecified atom stereocenters. The highest BCUT2D eigenvalue weighted by Crippen LogP contribution is 2.17. The van der Waals surface area contributed by atoms with Gasteiger partial charge in [0.2, 0.25) is 0 Å². The lowest BCUT2D eigenvalue weighted by Crippen LogP contribution is -2.37. The van der Waals surface area contributed by atoms with E-state index < -0.39 is 0 Å². The van der Waals surface area contributed by atoms with Crippen LogP contribution in [0.3, 0.4) is 0 Å². The van der Waals surface area contributed by atoms with Gasteiger partial charge >= 0.3 is 0 Å². The second-order valence-electron chi connectivity index (χ2n) is 4.92. The van der Waals surface area contributed by atoms with Crippen LogP contribution in [0.1, 0.15) is 55.1 Å². The minimum atomic E-state index is 0. The number of rotatable bonds is 8. The Labute approximate surface area is 150 Å². The van der Waals surface area contributed by atoms with Crippen molar-refractivity contribution < 1.29 is 0 Å². The van der Waals surface area contributed by atoms with Gasteiger partial charge in [0.05, 0.1) is 17.2 Å². The minimum Gasteiger partial charge on any atom is -0.357 e. The zero-order chi connectivity index (χ0) is 14.8. The third kappa shape index (κ3) is 8.60. The van der Waals surface area contributed by atoms with Crippen molar-refractivity contribution in [2.45, 2.75) is 59.9 Å². The first-order valence-corrected chi connectivity index (χ1v) is 8.44. The van der Waals surface area contributed by atoms with Crippen LogP contribution in [0.5, 0.6) is 0 Å². The van der Waals surface area contributed by atoms with Crippen molar-refractivity contribution >= 4 is 41.3 Å². The number of halogens is 1. The standard InChI is InChI=1S/C15H28N4S.HI/c1-5-7-8-9-10-17-15(16-6-2)18-11-14-12(3)19-13(4)20-14;/h5-11H2,1-4H3,(H2,16,17,18);1H. The van der Waals surface area contributed by atoms with Crippen molar-refractivity contribution in [2.75, 3.05) is 13.1 Å². The maximum atomic E-state index is 4.64. The molecule has 2 N–H and O–H groups in total. The number of nitrogens with one attached hydrogen (secondary N) is 2. The summed E-state index contributed by atoms with van der Waals surface area (Å²) < 4.78 is 0. The lowest BCUT2D eigenvalue weighted by molar-refractivity contribution is 0.647. The number of unbranched alkanes of at least 4 members (excludes halogenated alkanes) is 3. The number of hydrogen-bond acceptors (Lipinski definition) is 3. The number of guanidine groups is 1. The van der Waals surface area contributed by atoms with E-state index in [9.17, 15) is 0 Å². The Morgan fingerprint density at radius 1 is 1.14 bits per heavy atom. The molecule has 0 fully saturated rings. The Morgan fingerprint density at radius 2 is 1.90 bits per heavy atom. The van der Waals surface area contributed by atoms with Gasteiger partial charge in [0.15, 0.2) is 5.96 Å². The molecule has 122 valence electrons. The Balaban J connectivity index is 0.00000400. The molecule has 6 heteroatoms. The molecule has 1 aromatic rings. The summed E-state index contributed by atoms with van der Waals surface area (Å²) in [6, 6.07) is 0. The normalized spacial score (nSPS) is 11.1. The van der Waals surface area contributed by atoms with Gasteiger partial charge < -0.3 is 10.6 Å². The molecule has 0 radical (unpaired) electrons. The predicted octanol–water partition coefficient (Wildman–Crippen LogP) is 4.01. The van der Waals surface area contributed by atoms with Crippen LogP contribution in [0.4, 0.5) is 0 Å². The lowest BCUT2D eigenvalue weighted by Gasteiger charge is -2.10. The van der Waals surface area contributed by atoms with Crippen molar-refractivity contribution in [3.63, 3.8) is 0 Å². The number of aliphatic imine (C=N–C) groups is 1. The first-order chi connectivity index (χ1) is 9.67. The van der Waals surface area contributed by atoms with Gasteiger partial charge in [-0.05, 0) is 27.2 Å². The number of nitrogens with zero attached hydrogens (tertiary/aromatic N) is 2. The van der Waals surface area contributed by atoms with Gasteiger partial charge in [0.1, 0.15) is 0 Å². The topological polar surface area (TPSA) is 49.3 Å². The summed E-state index contributed by atoms with van der Waals surface area (Å²) in [5, 5.41) is 7.81. The molecule has 1 heterocycles. The highest BCUT2D eigenvalue weighted by Gasteiger charge is 2.04. The molecule has 0 saturated carbocycles. The van der Waals surface area contributed by atoms with Crippen LogP contribution in [0.25, 0.3) is 0 Å². The molecule has 0 aromatic carbocycles. The predicted molar refractivity (Wildman–Crippen MR) is 104 cm³/mol. The first-order valence-electron chi connectivity index (χ1n) is 7.62. The first kappa shape index (κ1) is 20.6. The number of thiazole rings is 1. The zero-order valence-corrected chi connectivity index (χ0v) is 16.8. The molecule has 21 heavy (non-hydrogen) atoms. The van der Waals surface area contributed by atoms with Gasteiger partial charge in [-0.15, -0.1) is 35.3 Å². The molecular weight excluding hydrogens is 395 g/mol. The largest absolute Gasteiger partial charge is 0.357 e. The molecule has 4 nitrogen and oxygen atoms in total. The molecule has 0 aliphatic carbocycles. The second kappa shape index (κ2) is 12.2. The van der Waals surface area contributed by atoms with Crippen LogP contribution >= 0.6 is 35.3 Å². The van der Waals surface area contributed by atoms with Crippen molar-refractivity contribution in [1.29, 1.82) is 0 Å². The highest BCUT2D eigenvalue weighted by atomic mass is 127. The van der Waals surface area contributed by atoms with E-state index in [0.717, 1.165) is 29.8 Å². The molecule has 0 aliphatic rings. The molecule has 0 aliphatic heterocycles. The molecule has 1 aromatic heterocycles. The average molecular weight is 424 g/mol. The molecular formula is C15H29IN4S. The number of hydrogen-bond donors (Lipinski definition) is 2. The molecule has 0 amide bonds. The maximum absolute atomic E-state index is 4.64. The van der Waals surface area contributed by atoms with E-state index >= 15 is 0 Å². The molecule has 1 rings (SSSR count). The van der Waals surface area contributed by atoms with Crippen LogP contribution in [0.15, 0.2) is 4.99 Å². The van der Waals surface area contributed by atoms with E-state index in [-0.39, 0.29) is 24.0 Å². The lowest BCUT2D eigenvalue weighted by atomic mass is 10.2.